The van der Waals surface area contributed by atoms with Crippen molar-refractivity contribution in [1.82, 2.24) is 5.32 Å². The SMILES string of the molecule is CCC1CCNC(CCc2cccc(Br)c2)C1. The molecule has 1 aromatic rings. The van der Waals surface area contributed by atoms with Gasteiger partial charge in [0, 0.05) is 10.5 Å². The smallest absolute Gasteiger partial charge is 0.0177 e. The highest BCUT2D eigenvalue weighted by Gasteiger charge is 2.19. The molecule has 94 valence electrons. The van der Waals surface area contributed by atoms with Crippen LogP contribution in [0.2, 0.25) is 0 Å². The van der Waals surface area contributed by atoms with Crippen LogP contribution in [0.3, 0.4) is 0 Å². The summed E-state index contributed by atoms with van der Waals surface area (Å²) >= 11 is 3.53. The first-order valence-electron chi connectivity index (χ1n) is 6.75. The average molecular weight is 296 g/mol. The molecule has 1 heterocycles. The molecule has 0 radical (unpaired) electrons. The van der Waals surface area contributed by atoms with Crippen LogP contribution >= 0.6 is 15.9 Å². The third kappa shape index (κ3) is 4.11. The summed E-state index contributed by atoms with van der Waals surface area (Å²) in [6.45, 7) is 3.53. The number of rotatable bonds is 4. The standard InChI is InChI=1S/C15H22BrN/c1-2-12-8-9-17-15(11-12)7-6-13-4-3-5-14(16)10-13/h3-5,10,12,15,17H,2,6-9,11H2,1H3. The van der Waals surface area contributed by atoms with E-state index in [2.05, 4.69) is 52.4 Å². The second kappa shape index (κ2) is 6.55. The van der Waals surface area contributed by atoms with Gasteiger partial charge in [-0.25, -0.2) is 0 Å². The van der Waals surface area contributed by atoms with Crippen molar-refractivity contribution in [2.24, 2.45) is 5.92 Å². The van der Waals surface area contributed by atoms with Gasteiger partial charge in [0.25, 0.3) is 0 Å². The molecule has 1 N–H and O–H groups in total. The Balaban J connectivity index is 1.81. The van der Waals surface area contributed by atoms with Crippen molar-refractivity contribution in [3.63, 3.8) is 0 Å². The third-order valence-corrected chi connectivity index (χ3v) is 4.34. The second-order valence-corrected chi connectivity index (χ2v) is 6.03. The summed E-state index contributed by atoms with van der Waals surface area (Å²) in [5.41, 5.74) is 1.44. The molecule has 0 spiro atoms. The molecule has 2 heteroatoms. The van der Waals surface area contributed by atoms with Gasteiger partial charge >= 0.3 is 0 Å². The van der Waals surface area contributed by atoms with Crippen LogP contribution in [0.4, 0.5) is 0 Å². The zero-order chi connectivity index (χ0) is 12.1. The topological polar surface area (TPSA) is 12.0 Å². The van der Waals surface area contributed by atoms with Gasteiger partial charge in [0.2, 0.25) is 0 Å². The Morgan fingerprint density at radius 3 is 3.06 bits per heavy atom. The van der Waals surface area contributed by atoms with Crippen molar-refractivity contribution in [2.45, 2.75) is 45.1 Å². The molecule has 0 aliphatic carbocycles. The second-order valence-electron chi connectivity index (χ2n) is 5.12. The van der Waals surface area contributed by atoms with Gasteiger partial charge in [0.05, 0.1) is 0 Å². The molecule has 0 bridgehead atoms. The zero-order valence-electron chi connectivity index (χ0n) is 10.6. The van der Waals surface area contributed by atoms with E-state index in [0.717, 1.165) is 12.0 Å². The fourth-order valence-electron chi connectivity index (χ4n) is 2.72. The van der Waals surface area contributed by atoms with Gasteiger partial charge in [-0.15, -0.1) is 0 Å². The van der Waals surface area contributed by atoms with E-state index in [1.807, 2.05) is 0 Å². The molecule has 0 amide bonds. The lowest BCUT2D eigenvalue weighted by Crippen LogP contribution is -2.38. The summed E-state index contributed by atoms with van der Waals surface area (Å²) in [5, 5.41) is 3.66. The Kier molecular flexibility index (Phi) is 5.05. The van der Waals surface area contributed by atoms with E-state index in [9.17, 15) is 0 Å². The summed E-state index contributed by atoms with van der Waals surface area (Å²) < 4.78 is 1.19. The van der Waals surface area contributed by atoms with Crippen LogP contribution < -0.4 is 5.32 Å². The van der Waals surface area contributed by atoms with Crippen LogP contribution in [-0.2, 0) is 6.42 Å². The summed E-state index contributed by atoms with van der Waals surface area (Å²) in [4.78, 5) is 0. The highest BCUT2D eigenvalue weighted by atomic mass is 79.9. The van der Waals surface area contributed by atoms with E-state index in [1.165, 1.54) is 48.7 Å². The Morgan fingerprint density at radius 2 is 2.29 bits per heavy atom. The molecular formula is C15H22BrN. The van der Waals surface area contributed by atoms with Crippen LogP contribution in [0, 0.1) is 5.92 Å². The molecule has 1 aliphatic rings. The predicted octanol–water partition coefficient (Wildman–Crippen LogP) is 4.16. The van der Waals surface area contributed by atoms with Gasteiger partial charge in [0.1, 0.15) is 0 Å². The molecule has 1 aliphatic heterocycles. The van der Waals surface area contributed by atoms with Gasteiger partial charge in [-0.05, 0) is 55.8 Å². The maximum absolute atomic E-state index is 3.66. The van der Waals surface area contributed by atoms with Gasteiger partial charge < -0.3 is 5.32 Å². The maximum Gasteiger partial charge on any atom is 0.0177 e. The molecule has 0 saturated carbocycles. The molecule has 2 rings (SSSR count). The highest BCUT2D eigenvalue weighted by molar-refractivity contribution is 9.10. The lowest BCUT2D eigenvalue weighted by atomic mass is 9.88. The average Bonchev–Trinajstić information content (AvgIpc) is 2.37. The van der Waals surface area contributed by atoms with Gasteiger partial charge in [-0.2, -0.15) is 0 Å². The Morgan fingerprint density at radius 1 is 1.41 bits per heavy atom. The van der Waals surface area contributed by atoms with Crippen LogP contribution in [0.1, 0.15) is 38.2 Å². The lowest BCUT2D eigenvalue weighted by Gasteiger charge is -2.29. The highest BCUT2D eigenvalue weighted by Crippen LogP contribution is 2.22. The Labute approximate surface area is 113 Å². The normalized spacial score (nSPS) is 24.8. The largest absolute Gasteiger partial charge is 0.314 e. The van der Waals surface area contributed by atoms with E-state index < -0.39 is 0 Å². The summed E-state index contributed by atoms with van der Waals surface area (Å²) in [6.07, 6.45) is 6.53. The zero-order valence-corrected chi connectivity index (χ0v) is 12.2. The lowest BCUT2D eigenvalue weighted by molar-refractivity contribution is 0.285. The van der Waals surface area contributed by atoms with Crippen molar-refractivity contribution in [1.29, 1.82) is 0 Å². The number of halogens is 1. The first kappa shape index (κ1) is 13.1. The number of nitrogens with one attached hydrogen (secondary N) is 1. The van der Waals surface area contributed by atoms with E-state index >= 15 is 0 Å². The molecule has 1 fully saturated rings. The monoisotopic (exact) mass is 295 g/mol. The van der Waals surface area contributed by atoms with Crippen LogP contribution in [-0.4, -0.2) is 12.6 Å². The predicted molar refractivity (Wildman–Crippen MR) is 77.3 cm³/mol. The quantitative estimate of drug-likeness (QED) is 0.879. The van der Waals surface area contributed by atoms with Gasteiger partial charge in [0.15, 0.2) is 0 Å². The van der Waals surface area contributed by atoms with Gasteiger partial charge in [-0.3, -0.25) is 0 Å². The van der Waals surface area contributed by atoms with Crippen molar-refractivity contribution >= 4 is 15.9 Å². The number of hydrogen-bond donors (Lipinski definition) is 1. The molecule has 17 heavy (non-hydrogen) atoms. The molecular weight excluding hydrogens is 274 g/mol. The van der Waals surface area contributed by atoms with Crippen LogP contribution in [0.25, 0.3) is 0 Å². The molecule has 0 aromatic heterocycles. The molecule has 2 atom stereocenters. The van der Waals surface area contributed by atoms with Crippen molar-refractivity contribution < 1.29 is 0 Å². The summed E-state index contributed by atoms with van der Waals surface area (Å²) in [7, 11) is 0. The molecule has 1 nitrogen and oxygen atoms in total. The first-order valence-corrected chi connectivity index (χ1v) is 7.55. The van der Waals surface area contributed by atoms with Crippen LogP contribution in [0.5, 0.6) is 0 Å². The molecule has 1 aromatic carbocycles. The minimum absolute atomic E-state index is 0.729. The van der Waals surface area contributed by atoms with E-state index in [-0.39, 0.29) is 0 Å². The summed E-state index contributed by atoms with van der Waals surface area (Å²) in [5.74, 6) is 0.948. The van der Waals surface area contributed by atoms with E-state index in [0.29, 0.717) is 0 Å². The number of piperidine rings is 1. The maximum atomic E-state index is 3.66. The molecule has 2 unspecified atom stereocenters. The first-order chi connectivity index (χ1) is 8.28. The minimum Gasteiger partial charge on any atom is -0.314 e. The fourth-order valence-corrected chi connectivity index (χ4v) is 3.17. The number of benzene rings is 1. The minimum atomic E-state index is 0.729. The van der Waals surface area contributed by atoms with Gasteiger partial charge in [-0.1, -0.05) is 41.4 Å². The van der Waals surface area contributed by atoms with E-state index in [4.69, 9.17) is 0 Å². The van der Waals surface area contributed by atoms with Crippen molar-refractivity contribution in [2.75, 3.05) is 6.54 Å². The van der Waals surface area contributed by atoms with E-state index in [1.54, 1.807) is 0 Å². The fraction of sp³-hybridized carbons (Fsp3) is 0.600. The Hall–Kier alpha value is -0.340. The summed E-state index contributed by atoms with van der Waals surface area (Å²) in [6, 6.07) is 9.41. The Bertz CT molecular complexity index is 351. The number of aryl methyl sites for hydroxylation is 1. The van der Waals surface area contributed by atoms with Crippen LogP contribution in [0.15, 0.2) is 28.7 Å². The number of hydrogen-bond acceptors (Lipinski definition) is 1. The van der Waals surface area contributed by atoms with Crippen molar-refractivity contribution in [3.8, 4) is 0 Å². The van der Waals surface area contributed by atoms with Crippen molar-refractivity contribution in [3.05, 3.63) is 34.3 Å². The molecule has 1 saturated heterocycles. The third-order valence-electron chi connectivity index (χ3n) is 3.85.